The van der Waals surface area contributed by atoms with Gasteiger partial charge in [0.2, 0.25) is 0 Å². The van der Waals surface area contributed by atoms with Gasteiger partial charge in [0.05, 0.1) is 12.0 Å². The molecule has 0 saturated carbocycles. The van der Waals surface area contributed by atoms with Crippen LogP contribution in [-0.4, -0.2) is 16.1 Å². The molecule has 1 aromatic heterocycles. The van der Waals surface area contributed by atoms with Crippen molar-refractivity contribution in [3.8, 4) is 0 Å². The molecule has 1 fully saturated rings. The number of aromatic nitrogens is 2. The number of halogens is 2. The van der Waals surface area contributed by atoms with E-state index in [0.717, 1.165) is 30.1 Å². The smallest absolute Gasteiger partial charge is 0.0948 e. The molecule has 1 aliphatic heterocycles. The van der Waals surface area contributed by atoms with Gasteiger partial charge in [0, 0.05) is 28.8 Å². The molecule has 0 unspecified atom stereocenters. The van der Waals surface area contributed by atoms with Gasteiger partial charge in [-0.1, -0.05) is 29.3 Å². The fourth-order valence-electron chi connectivity index (χ4n) is 2.71. The maximum atomic E-state index is 6.21. The van der Waals surface area contributed by atoms with Crippen LogP contribution in [0.5, 0.6) is 0 Å². The van der Waals surface area contributed by atoms with Crippen molar-refractivity contribution in [3.63, 3.8) is 0 Å². The molecule has 0 spiro atoms. The predicted octanol–water partition coefficient (Wildman–Crippen LogP) is 3.86. The van der Waals surface area contributed by atoms with Gasteiger partial charge >= 0.3 is 0 Å². The summed E-state index contributed by atoms with van der Waals surface area (Å²) in [6, 6.07) is 6.12. The zero-order chi connectivity index (χ0) is 13.9. The Labute approximate surface area is 128 Å². The number of hydrogen-bond acceptors (Lipinski definition) is 2. The lowest BCUT2D eigenvalue weighted by Gasteiger charge is -2.14. The van der Waals surface area contributed by atoms with Crippen molar-refractivity contribution < 1.29 is 0 Å². The van der Waals surface area contributed by atoms with E-state index in [-0.39, 0.29) is 0 Å². The van der Waals surface area contributed by atoms with E-state index in [1.807, 2.05) is 24.7 Å². The lowest BCUT2D eigenvalue weighted by Crippen LogP contribution is -2.17. The van der Waals surface area contributed by atoms with Gasteiger partial charge in [0.1, 0.15) is 0 Å². The number of imidazole rings is 1. The van der Waals surface area contributed by atoms with E-state index in [2.05, 4.69) is 14.9 Å². The maximum Gasteiger partial charge on any atom is 0.0948 e. The highest BCUT2D eigenvalue weighted by Crippen LogP contribution is 2.24. The lowest BCUT2D eigenvalue weighted by molar-refractivity contribution is 0.563. The standard InChI is InChI=1S/C15H17Cl2N3/c16-12-4-3-11(13(17)8-12)5-7-20-10-18-9-15(20)14-2-1-6-19-14/h3-4,8-10,14,19H,1-2,5-7H2/t14-/m0/s1. The number of aryl methyl sites for hydroxylation is 2. The Balaban J connectivity index is 1.70. The minimum absolute atomic E-state index is 0.443. The molecule has 3 nitrogen and oxygen atoms in total. The van der Waals surface area contributed by atoms with Crippen LogP contribution in [0.3, 0.4) is 0 Å². The molecule has 1 aliphatic rings. The van der Waals surface area contributed by atoms with Crippen molar-refractivity contribution in [2.45, 2.75) is 31.8 Å². The van der Waals surface area contributed by atoms with Gasteiger partial charge in [-0.25, -0.2) is 4.98 Å². The van der Waals surface area contributed by atoms with E-state index in [9.17, 15) is 0 Å². The van der Waals surface area contributed by atoms with Crippen molar-refractivity contribution >= 4 is 23.2 Å². The van der Waals surface area contributed by atoms with Gasteiger partial charge in [-0.2, -0.15) is 0 Å². The number of rotatable bonds is 4. The Morgan fingerprint density at radius 1 is 1.35 bits per heavy atom. The number of benzene rings is 1. The molecule has 106 valence electrons. The molecular weight excluding hydrogens is 293 g/mol. The van der Waals surface area contributed by atoms with Crippen LogP contribution in [0, 0.1) is 0 Å². The van der Waals surface area contributed by atoms with Crippen LogP contribution in [0.2, 0.25) is 10.0 Å². The van der Waals surface area contributed by atoms with E-state index in [1.165, 1.54) is 18.5 Å². The third-order valence-electron chi connectivity index (χ3n) is 3.80. The first-order chi connectivity index (χ1) is 9.74. The Kier molecular flexibility index (Phi) is 4.29. The Hall–Kier alpha value is -1.03. The fourth-order valence-corrected chi connectivity index (χ4v) is 3.21. The summed E-state index contributed by atoms with van der Waals surface area (Å²) >= 11 is 12.1. The number of nitrogens with zero attached hydrogens (tertiary/aromatic N) is 2. The molecule has 20 heavy (non-hydrogen) atoms. The highest BCUT2D eigenvalue weighted by Gasteiger charge is 2.19. The van der Waals surface area contributed by atoms with Crippen LogP contribution in [-0.2, 0) is 13.0 Å². The number of hydrogen-bond donors (Lipinski definition) is 1. The minimum Gasteiger partial charge on any atom is -0.333 e. The summed E-state index contributed by atoms with van der Waals surface area (Å²) in [7, 11) is 0. The molecule has 1 saturated heterocycles. The molecule has 1 N–H and O–H groups in total. The van der Waals surface area contributed by atoms with Crippen LogP contribution in [0.4, 0.5) is 0 Å². The van der Waals surface area contributed by atoms with Gasteiger partial charge in [-0.05, 0) is 43.5 Å². The first kappa shape index (κ1) is 13.9. The van der Waals surface area contributed by atoms with Crippen LogP contribution in [0.1, 0.15) is 30.1 Å². The Morgan fingerprint density at radius 2 is 2.25 bits per heavy atom. The van der Waals surface area contributed by atoms with Crippen LogP contribution >= 0.6 is 23.2 Å². The summed E-state index contributed by atoms with van der Waals surface area (Å²) in [6.07, 6.45) is 7.17. The quantitative estimate of drug-likeness (QED) is 0.929. The highest BCUT2D eigenvalue weighted by molar-refractivity contribution is 6.35. The van der Waals surface area contributed by atoms with Crippen molar-refractivity contribution in [2.24, 2.45) is 0 Å². The molecule has 1 aromatic carbocycles. The second-order valence-corrected chi connectivity index (χ2v) is 5.99. The average Bonchev–Trinajstić information content (AvgIpc) is 3.08. The molecule has 5 heteroatoms. The summed E-state index contributed by atoms with van der Waals surface area (Å²) in [5.74, 6) is 0. The average molecular weight is 310 g/mol. The molecule has 1 atom stereocenters. The second kappa shape index (κ2) is 6.17. The molecule has 3 rings (SSSR count). The molecule has 0 bridgehead atoms. The van der Waals surface area contributed by atoms with Gasteiger partial charge in [0.25, 0.3) is 0 Å². The first-order valence-corrected chi connectivity index (χ1v) is 7.67. The molecule has 0 radical (unpaired) electrons. The minimum atomic E-state index is 0.443. The van der Waals surface area contributed by atoms with E-state index in [1.54, 1.807) is 6.07 Å². The Morgan fingerprint density at radius 3 is 3.00 bits per heavy atom. The zero-order valence-electron chi connectivity index (χ0n) is 11.1. The topological polar surface area (TPSA) is 29.9 Å². The SMILES string of the molecule is Clc1ccc(CCn2cncc2[C@@H]2CCCN2)c(Cl)c1. The van der Waals surface area contributed by atoms with Crippen molar-refractivity contribution in [1.29, 1.82) is 0 Å². The van der Waals surface area contributed by atoms with Gasteiger partial charge in [-0.3, -0.25) is 0 Å². The van der Waals surface area contributed by atoms with E-state index in [0.29, 0.717) is 11.1 Å². The first-order valence-electron chi connectivity index (χ1n) is 6.91. The third-order valence-corrected chi connectivity index (χ3v) is 4.39. The third kappa shape index (κ3) is 3.00. The van der Waals surface area contributed by atoms with Gasteiger partial charge in [0.15, 0.2) is 0 Å². The number of nitrogens with one attached hydrogen (secondary N) is 1. The van der Waals surface area contributed by atoms with Crippen molar-refractivity contribution in [2.75, 3.05) is 6.54 Å². The van der Waals surface area contributed by atoms with Crippen molar-refractivity contribution in [3.05, 3.63) is 52.0 Å². The zero-order valence-corrected chi connectivity index (χ0v) is 12.7. The fraction of sp³-hybridized carbons (Fsp3) is 0.400. The maximum absolute atomic E-state index is 6.21. The van der Waals surface area contributed by atoms with Crippen LogP contribution < -0.4 is 5.32 Å². The van der Waals surface area contributed by atoms with Gasteiger partial charge in [-0.15, -0.1) is 0 Å². The Bertz CT molecular complexity index is 589. The molecule has 2 aromatic rings. The van der Waals surface area contributed by atoms with Gasteiger partial charge < -0.3 is 9.88 Å². The van der Waals surface area contributed by atoms with Crippen molar-refractivity contribution in [1.82, 2.24) is 14.9 Å². The summed E-state index contributed by atoms with van der Waals surface area (Å²) in [6.45, 7) is 1.98. The van der Waals surface area contributed by atoms with Crippen LogP contribution in [0.15, 0.2) is 30.7 Å². The summed E-state index contributed by atoms with van der Waals surface area (Å²) in [5, 5.41) is 4.92. The van der Waals surface area contributed by atoms with E-state index >= 15 is 0 Å². The summed E-state index contributed by atoms with van der Waals surface area (Å²) in [4.78, 5) is 4.28. The van der Waals surface area contributed by atoms with E-state index < -0.39 is 0 Å². The monoisotopic (exact) mass is 309 g/mol. The highest BCUT2D eigenvalue weighted by atomic mass is 35.5. The van der Waals surface area contributed by atoms with E-state index in [4.69, 9.17) is 23.2 Å². The molecule has 2 heterocycles. The second-order valence-electron chi connectivity index (χ2n) is 5.15. The van der Waals surface area contributed by atoms with Crippen LogP contribution in [0.25, 0.3) is 0 Å². The summed E-state index contributed by atoms with van der Waals surface area (Å²) in [5.41, 5.74) is 2.39. The molecule has 0 aliphatic carbocycles. The molecule has 0 amide bonds. The predicted molar refractivity (Wildman–Crippen MR) is 82.4 cm³/mol. The summed E-state index contributed by atoms with van der Waals surface area (Å²) < 4.78 is 2.22. The lowest BCUT2D eigenvalue weighted by atomic mass is 10.1. The normalized spacial score (nSPS) is 18.6. The molecular formula is C15H17Cl2N3. The largest absolute Gasteiger partial charge is 0.333 e.